The second kappa shape index (κ2) is 4.86. The van der Waals surface area contributed by atoms with Crippen LogP contribution in [0.1, 0.15) is 48.0 Å². The molecule has 1 saturated heterocycles. The van der Waals surface area contributed by atoms with E-state index in [0.29, 0.717) is 5.41 Å². The highest BCUT2D eigenvalue weighted by molar-refractivity contribution is 4.96. The fourth-order valence-corrected chi connectivity index (χ4v) is 3.24. The monoisotopic (exact) mass is 211 g/mol. The van der Waals surface area contributed by atoms with E-state index in [0.717, 1.165) is 17.8 Å². The Morgan fingerprint density at radius 1 is 1.13 bits per heavy atom. The third-order valence-corrected chi connectivity index (χ3v) is 4.92. The molecule has 2 unspecified atom stereocenters. The molecular formula is C14H29N. The molecule has 0 aromatic carbocycles. The summed E-state index contributed by atoms with van der Waals surface area (Å²) in [6, 6.07) is 0. The molecule has 0 spiro atoms. The van der Waals surface area contributed by atoms with Gasteiger partial charge in [0, 0.05) is 6.54 Å². The minimum absolute atomic E-state index is 0.574. The van der Waals surface area contributed by atoms with Crippen molar-refractivity contribution in [2.75, 3.05) is 19.6 Å². The van der Waals surface area contributed by atoms with Crippen LogP contribution in [0, 0.1) is 23.2 Å². The largest absolute Gasteiger partial charge is 0.303 e. The maximum atomic E-state index is 2.62. The first-order valence-electron chi connectivity index (χ1n) is 6.66. The molecule has 1 aliphatic heterocycles. The maximum Gasteiger partial charge on any atom is 0.00434 e. The van der Waals surface area contributed by atoms with Gasteiger partial charge in [0.1, 0.15) is 0 Å². The van der Waals surface area contributed by atoms with Crippen LogP contribution >= 0.6 is 0 Å². The van der Waals surface area contributed by atoms with Crippen LogP contribution < -0.4 is 0 Å². The first-order valence-corrected chi connectivity index (χ1v) is 6.66. The van der Waals surface area contributed by atoms with Crippen LogP contribution in [0.25, 0.3) is 0 Å². The number of rotatable bonds is 4. The van der Waals surface area contributed by atoms with Crippen LogP contribution in [-0.2, 0) is 0 Å². The van der Waals surface area contributed by atoms with E-state index in [9.17, 15) is 0 Å². The fraction of sp³-hybridized carbons (Fsp3) is 1.00. The van der Waals surface area contributed by atoms with Crippen molar-refractivity contribution in [3.05, 3.63) is 0 Å². The maximum absolute atomic E-state index is 2.62. The molecule has 0 aromatic heterocycles. The van der Waals surface area contributed by atoms with Gasteiger partial charge in [0.05, 0.1) is 0 Å². The SMILES string of the molecule is CCN1CCC(C(C)C)(C(C)C(C)C)C1. The molecule has 2 atom stereocenters. The summed E-state index contributed by atoms with van der Waals surface area (Å²) in [5, 5.41) is 0. The molecule has 0 radical (unpaired) electrons. The molecule has 0 amide bonds. The van der Waals surface area contributed by atoms with Gasteiger partial charge >= 0.3 is 0 Å². The third kappa shape index (κ3) is 2.38. The Kier molecular flexibility index (Phi) is 4.22. The molecule has 1 nitrogen and oxygen atoms in total. The number of nitrogens with zero attached hydrogens (tertiary/aromatic N) is 1. The van der Waals surface area contributed by atoms with Gasteiger partial charge in [0.15, 0.2) is 0 Å². The zero-order valence-electron chi connectivity index (χ0n) is 11.5. The molecule has 0 aromatic rings. The van der Waals surface area contributed by atoms with Gasteiger partial charge in [-0.05, 0) is 42.7 Å². The summed E-state index contributed by atoms with van der Waals surface area (Å²) in [5.41, 5.74) is 0.574. The van der Waals surface area contributed by atoms with E-state index in [1.807, 2.05) is 0 Å². The normalized spacial score (nSPS) is 30.4. The Hall–Kier alpha value is -0.0400. The average molecular weight is 211 g/mol. The lowest BCUT2D eigenvalue weighted by atomic mass is 9.64. The third-order valence-electron chi connectivity index (χ3n) is 4.92. The first kappa shape index (κ1) is 13.0. The zero-order chi connectivity index (χ0) is 11.6. The van der Waals surface area contributed by atoms with Gasteiger partial charge in [-0.15, -0.1) is 0 Å². The van der Waals surface area contributed by atoms with E-state index in [-0.39, 0.29) is 0 Å². The molecule has 0 bridgehead atoms. The van der Waals surface area contributed by atoms with Crippen LogP contribution in [0.3, 0.4) is 0 Å². The second-order valence-electron chi connectivity index (χ2n) is 6.04. The van der Waals surface area contributed by atoms with Gasteiger partial charge in [-0.25, -0.2) is 0 Å². The Bertz CT molecular complexity index is 198. The van der Waals surface area contributed by atoms with Crippen molar-refractivity contribution in [3.63, 3.8) is 0 Å². The van der Waals surface area contributed by atoms with Crippen LogP contribution in [0.4, 0.5) is 0 Å². The van der Waals surface area contributed by atoms with Crippen molar-refractivity contribution in [2.24, 2.45) is 23.2 Å². The van der Waals surface area contributed by atoms with E-state index in [4.69, 9.17) is 0 Å². The van der Waals surface area contributed by atoms with Crippen LogP contribution in [0.2, 0.25) is 0 Å². The van der Waals surface area contributed by atoms with Crippen molar-refractivity contribution in [1.82, 2.24) is 4.90 Å². The quantitative estimate of drug-likeness (QED) is 0.686. The topological polar surface area (TPSA) is 3.24 Å². The lowest BCUT2D eigenvalue weighted by Crippen LogP contribution is -2.39. The molecule has 15 heavy (non-hydrogen) atoms. The molecular weight excluding hydrogens is 182 g/mol. The molecule has 0 saturated carbocycles. The summed E-state index contributed by atoms with van der Waals surface area (Å²) in [6.45, 7) is 18.2. The molecule has 0 N–H and O–H groups in total. The van der Waals surface area contributed by atoms with Crippen molar-refractivity contribution < 1.29 is 0 Å². The summed E-state index contributed by atoms with van der Waals surface area (Å²) in [7, 11) is 0. The standard InChI is InChI=1S/C14H29N/c1-7-15-9-8-14(10-15,12(4)5)13(6)11(2)3/h11-13H,7-10H2,1-6H3. The summed E-state index contributed by atoms with van der Waals surface area (Å²) in [4.78, 5) is 2.62. The van der Waals surface area contributed by atoms with Crippen LogP contribution in [0.5, 0.6) is 0 Å². The Morgan fingerprint density at radius 2 is 1.73 bits per heavy atom. The zero-order valence-corrected chi connectivity index (χ0v) is 11.5. The molecule has 1 rings (SSSR count). The van der Waals surface area contributed by atoms with Gasteiger partial charge in [-0.3, -0.25) is 0 Å². The predicted octanol–water partition coefficient (Wildman–Crippen LogP) is 3.65. The van der Waals surface area contributed by atoms with Crippen LogP contribution in [0.15, 0.2) is 0 Å². The molecule has 1 heterocycles. The molecule has 90 valence electrons. The Labute approximate surface area is 96.2 Å². The lowest BCUT2D eigenvalue weighted by molar-refractivity contribution is 0.0768. The van der Waals surface area contributed by atoms with Gasteiger partial charge in [-0.2, -0.15) is 0 Å². The lowest BCUT2D eigenvalue weighted by Gasteiger charge is -2.41. The van der Waals surface area contributed by atoms with E-state index >= 15 is 0 Å². The van der Waals surface area contributed by atoms with Crippen molar-refractivity contribution in [2.45, 2.75) is 48.0 Å². The van der Waals surface area contributed by atoms with Gasteiger partial charge in [0.25, 0.3) is 0 Å². The minimum Gasteiger partial charge on any atom is -0.303 e. The Balaban J connectivity index is 2.82. The Morgan fingerprint density at radius 3 is 2.07 bits per heavy atom. The van der Waals surface area contributed by atoms with Crippen molar-refractivity contribution >= 4 is 0 Å². The highest BCUT2D eigenvalue weighted by atomic mass is 15.2. The summed E-state index contributed by atoms with van der Waals surface area (Å²) in [6.07, 6.45) is 1.40. The number of hydrogen-bond acceptors (Lipinski definition) is 1. The summed E-state index contributed by atoms with van der Waals surface area (Å²) >= 11 is 0. The summed E-state index contributed by atoms with van der Waals surface area (Å²) < 4.78 is 0. The molecule has 0 aliphatic carbocycles. The highest BCUT2D eigenvalue weighted by Gasteiger charge is 2.44. The first-order chi connectivity index (χ1) is 6.94. The average Bonchev–Trinajstić information content (AvgIpc) is 2.61. The number of hydrogen-bond donors (Lipinski definition) is 0. The minimum atomic E-state index is 0.574. The van der Waals surface area contributed by atoms with E-state index < -0.39 is 0 Å². The second-order valence-corrected chi connectivity index (χ2v) is 6.04. The predicted molar refractivity (Wildman–Crippen MR) is 68.0 cm³/mol. The summed E-state index contributed by atoms with van der Waals surface area (Å²) in [5.74, 6) is 2.46. The van der Waals surface area contributed by atoms with Gasteiger partial charge in [0.2, 0.25) is 0 Å². The van der Waals surface area contributed by atoms with Gasteiger partial charge in [-0.1, -0.05) is 41.5 Å². The van der Waals surface area contributed by atoms with E-state index in [1.54, 1.807) is 0 Å². The highest BCUT2D eigenvalue weighted by Crippen LogP contribution is 2.46. The smallest absolute Gasteiger partial charge is 0.00434 e. The van der Waals surface area contributed by atoms with Crippen molar-refractivity contribution in [1.29, 1.82) is 0 Å². The molecule has 1 aliphatic rings. The van der Waals surface area contributed by atoms with Gasteiger partial charge < -0.3 is 4.90 Å². The molecule has 1 fully saturated rings. The fourth-order valence-electron chi connectivity index (χ4n) is 3.24. The molecule has 1 heteroatoms. The van der Waals surface area contributed by atoms with Crippen LogP contribution in [-0.4, -0.2) is 24.5 Å². The van der Waals surface area contributed by atoms with Crippen molar-refractivity contribution in [3.8, 4) is 0 Å². The van der Waals surface area contributed by atoms with E-state index in [2.05, 4.69) is 46.4 Å². The number of likely N-dealkylation sites (tertiary alicyclic amines) is 1. The van der Waals surface area contributed by atoms with E-state index in [1.165, 1.54) is 26.1 Å².